The van der Waals surface area contributed by atoms with E-state index in [0.717, 1.165) is 123 Å². The molecule has 0 bridgehead atoms. The molecule has 0 amide bonds. The number of para-hydroxylation sites is 2. The molecule has 6 nitrogen and oxygen atoms in total. The van der Waals surface area contributed by atoms with Gasteiger partial charge in [0.25, 0.3) is 0 Å². The molecule has 4 aromatic heterocycles. The van der Waals surface area contributed by atoms with Crippen LogP contribution in [-0.2, 0) is 0 Å². The SMILES string of the molecule is C=C/C=C(\C=C)c1cc(-c2nc(C3=CCCC=C3)nc(-c3ccccc3)n2)cc(-c2ccccc2)c1-n1c2ccccc2c2c3oc4ccc5c6ccccc6oc5c4c3ccc21. The van der Waals surface area contributed by atoms with Crippen LogP contribution in [0.15, 0.2) is 204 Å². The molecule has 7 aromatic carbocycles. The molecule has 0 radical (unpaired) electrons. The van der Waals surface area contributed by atoms with Crippen LogP contribution in [0.2, 0.25) is 0 Å². The Morgan fingerprint density at radius 2 is 1.24 bits per heavy atom. The predicted octanol–water partition coefficient (Wildman–Crippen LogP) is 15.3. The molecule has 6 heteroatoms. The van der Waals surface area contributed by atoms with Crippen LogP contribution in [0.5, 0.6) is 0 Å². The molecule has 0 saturated heterocycles. The Hall–Kier alpha value is -8.35. The summed E-state index contributed by atoms with van der Waals surface area (Å²) in [6.45, 7) is 8.47. The highest BCUT2D eigenvalue weighted by Gasteiger charge is 2.26. The van der Waals surface area contributed by atoms with Crippen molar-refractivity contribution in [3.63, 3.8) is 0 Å². The molecule has 4 heterocycles. The average molecular weight is 811 g/mol. The third kappa shape index (κ3) is 5.83. The van der Waals surface area contributed by atoms with Crippen LogP contribution >= 0.6 is 0 Å². The van der Waals surface area contributed by atoms with Crippen LogP contribution in [-0.4, -0.2) is 19.5 Å². The molecule has 63 heavy (non-hydrogen) atoms. The number of allylic oxidation sites excluding steroid dienone is 8. The third-order valence-electron chi connectivity index (χ3n) is 12.2. The molecular weight excluding hydrogens is 773 g/mol. The number of aromatic nitrogens is 4. The van der Waals surface area contributed by atoms with Crippen LogP contribution in [0.1, 0.15) is 24.2 Å². The van der Waals surface area contributed by atoms with Crippen molar-refractivity contribution in [2.75, 3.05) is 0 Å². The standard InChI is InChI=1S/C57H38N4O2/c1-3-18-35(4-2)44-33-39(57-59-55(37-21-10-6-11-22-37)58-56(60-57)38-23-12-7-13-24-38)34-45(36-19-8-5-9-20-36)52(44)61-46-27-16-14-26-42(46)50-47(61)31-29-43-51-49(63-54(43)50)32-30-41-40-25-15-17-28-48(40)62-53(41)51/h3-6,8-12,14-34H,1-2,7,13H2/b35-18+. The normalized spacial score (nSPS) is 13.2. The van der Waals surface area contributed by atoms with E-state index in [4.69, 9.17) is 23.8 Å². The fraction of sp³-hybridized carbons (Fsp3) is 0.0351. The van der Waals surface area contributed by atoms with Crippen molar-refractivity contribution in [1.82, 2.24) is 19.5 Å². The molecule has 0 atom stereocenters. The van der Waals surface area contributed by atoms with Gasteiger partial charge in [-0.2, -0.15) is 0 Å². The van der Waals surface area contributed by atoms with Gasteiger partial charge in [-0.05, 0) is 72.5 Å². The lowest BCUT2D eigenvalue weighted by Crippen LogP contribution is -2.06. The van der Waals surface area contributed by atoms with E-state index in [2.05, 4.69) is 133 Å². The lowest BCUT2D eigenvalue weighted by atomic mass is 9.92. The van der Waals surface area contributed by atoms with Gasteiger partial charge in [-0.3, -0.25) is 0 Å². The first-order valence-electron chi connectivity index (χ1n) is 21.2. The van der Waals surface area contributed by atoms with Gasteiger partial charge in [0.1, 0.15) is 22.3 Å². The number of nitrogens with zero attached hydrogens (tertiary/aromatic N) is 4. The van der Waals surface area contributed by atoms with Gasteiger partial charge in [0.2, 0.25) is 0 Å². The van der Waals surface area contributed by atoms with E-state index >= 15 is 0 Å². The third-order valence-corrected chi connectivity index (χ3v) is 12.2. The zero-order valence-corrected chi connectivity index (χ0v) is 34.3. The summed E-state index contributed by atoms with van der Waals surface area (Å²) in [6.07, 6.45) is 14.2. The molecule has 0 spiro atoms. The van der Waals surface area contributed by atoms with E-state index in [1.54, 1.807) is 0 Å². The molecule has 1 aliphatic carbocycles. The molecule has 1 aliphatic rings. The number of hydrogen-bond acceptors (Lipinski definition) is 5. The van der Waals surface area contributed by atoms with E-state index < -0.39 is 0 Å². The Kier molecular flexibility index (Phi) is 8.50. The fourth-order valence-corrected chi connectivity index (χ4v) is 9.38. The van der Waals surface area contributed by atoms with Gasteiger partial charge in [0.05, 0.1) is 27.5 Å². The highest BCUT2D eigenvalue weighted by atomic mass is 16.3. The van der Waals surface area contributed by atoms with Gasteiger partial charge in [-0.1, -0.05) is 147 Å². The molecule has 0 unspecified atom stereocenters. The number of furan rings is 2. The Morgan fingerprint density at radius 1 is 0.556 bits per heavy atom. The topological polar surface area (TPSA) is 69.9 Å². The molecule has 0 saturated carbocycles. The van der Waals surface area contributed by atoms with E-state index in [9.17, 15) is 0 Å². The first-order valence-corrected chi connectivity index (χ1v) is 21.2. The number of fused-ring (bicyclic) bond motifs is 11. The quantitative estimate of drug-likeness (QED) is 0.143. The van der Waals surface area contributed by atoms with Crippen LogP contribution in [0.25, 0.3) is 116 Å². The predicted molar refractivity (Wildman–Crippen MR) is 260 cm³/mol. The minimum Gasteiger partial charge on any atom is -0.455 e. The summed E-state index contributed by atoms with van der Waals surface area (Å²) in [5, 5.41) is 6.23. The molecule has 11 aromatic rings. The largest absolute Gasteiger partial charge is 0.455 e. The Labute approximate surface area is 362 Å². The second kappa shape index (κ2) is 14.7. The maximum Gasteiger partial charge on any atom is 0.164 e. The van der Waals surface area contributed by atoms with Gasteiger partial charge >= 0.3 is 0 Å². The fourth-order valence-electron chi connectivity index (χ4n) is 9.38. The van der Waals surface area contributed by atoms with Gasteiger partial charge < -0.3 is 13.4 Å². The summed E-state index contributed by atoms with van der Waals surface area (Å²) in [5.74, 6) is 1.84. The highest BCUT2D eigenvalue weighted by molar-refractivity contribution is 6.29. The molecule has 0 fully saturated rings. The zero-order chi connectivity index (χ0) is 42.0. The molecule has 0 aliphatic heterocycles. The van der Waals surface area contributed by atoms with Crippen molar-refractivity contribution >= 4 is 76.8 Å². The maximum atomic E-state index is 6.92. The first-order chi connectivity index (χ1) is 31.2. The summed E-state index contributed by atoms with van der Waals surface area (Å²) in [4.78, 5) is 15.4. The van der Waals surface area contributed by atoms with Crippen LogP contribution < -0.4 is 0 Å². The van der Waals surface area contributed by atoms with Crippen molar-refractivity contribution < 1.29 is 8.83 Å². The average Bonchev–Trinajstić information content (AvgIpc) is 4.03. The monoisotopic (exact) mass is 810 g/mol. The minimum atomic E-state index is 0.578. The van der Waals surface area contributed by atoms with Crippen molar-refractivity contribution in [2.45, 2.75) is 12.8 Å². The van der Waals surface area contributed by atoms with E-state index in [1.165, 1.54) is 0 Å². The molecular formula is C57H38N4O2. The highest BCUT2D eigenvalue weighted by Crippen LogP contribution is 2.47. The first kappa shape index (κ1) is 36.5. The molecule has 0 N–H and O–H groups in total. The van der Waals surface area contributed by atoms with Crippen molar-refractivity contribution in [3.05, 3.63) is 207 Å². The van der Waals surface area contributed by atoms with E-state index in [-0.39, 0.29) is 0 Å². The van der Waals surface area contributed by atoms with Crippen LogP contribution in [0.3, 0.4) is 0 Å². The lowest BCUT2D eigenvalue weighted by molar-refractivity contribution is 0.665. The maximum absolute atomic E-state index is 6.92. The van der Waals surface area contributed by atoms with Gasteiger partial charge in [0, 0.05) is 49.4 Å². The molecule has 298 valence electrons. The summed E-state index contributed by atoms with van der Waals surface area (Å²) in [6, 6.07) is 50.4. The summed E-state index contributed by atoms with van der Waals surface area (Å²) >= 11 is 0. The minimum absolute atomic E-state index is 0.578. The second-order valence-electron chi connectivity index (χ2n) is 15.9. The van der Waals surface area contributed by atoms with Gasteiger partial charge in [-0.15, -0.1) is 0 Å². The van der Waals surface area contributed by atoms with Crippen molar-refractivity contribution in [3.8, 4) is 39.6 Å². The molecule has 12 rings (SSSR count). The zero-order valence-electron chi connectivity index (χ0n) is 34.3. The second-order valence-corrected chi connectivity index (χ2v) is 15.9. The van der Waals surface area contributed by atoms with Crippen LogP contribution in [0, 0.1) is 0 Å². The number of hydrogen-bond donors (Lipinski definition) is 0. The van der Waals surface area contributed by atoms with Gasteiger partial charge in [-0.25, -0.2) is 15.0 Å². The van der Waals surface area contributed by atoms with Crippen molar-refractivity contribution in [2.24, 2.45) is 0 Å². The Morgan fingerprint density at radius 3 is 2.02 bits per heavy atom. The number of benzene rings is 7. The summed E-state index contributed by atoms with van der Waals surface area (Å²) in [7, 11) is 0. The lowest BCUT2D eigenvalue weighted by Gasteiger charge is -2.21. The van der Waals surface area contributed by atoms with E-state index in [1.807, 2.05) is 66.8 Å². The summed E-state index contributed by atoms with van der Waals surface area (Å²) < 4.78 is 15.9. The van der Waals surface area contributed by atoms with Crippen LogP contribution in [0.4, 0.5) is 0 Å². The Balaban J connectivity index is 1.18. The number of rotatable bonds is 8. The van der Waals surface area contributed by atoms with Gasteiger partial charge in [0.15, 0.2) is 17.5 Å². The smallest absolute Gasteiger partial charge is 0.164 e. The van der Waals surface area contributed by atoms with Crippen molar-refractivity contribution in [1.29, 1.82) is 0 Å². The summed E-state index contributed by atoms with van der Waals surface area (Å²) in [5.41, 5.74) is 12.9. The Bertz CT molecular complexity index is 3770. The van der Waals surface area contributed by atoms with E-state index in [0.29, 0.717) is 17.5 Å².